The molecule has 0 bridgehead atoms. The zero-order chi connectivity index (χ0) is 19.1. The number of nitrogens with one attached hydrogen (secondary N) is 1. The number of aromatic nitrogens is 2. The van der Waals surface area contributed by atoms with Gasteiger partial charge in [-0.3, -0.25) is 9.20 Å². The topological polar surface area (TPSA) is 46.4 Å². The monoisotopic (exact) mass is 393 g/mol. The summed E-state index contributed by atoms with van der Waals surface area (Å²) in [5.41, 5.74) is -0.692. The number of carbonyl (C=O) groups is 1. The zero-order valence-electron chi connectivity index (χ0n) is 12.6. The van der Waals surface area contributed by atoms with Crippen LogP contribution in [0.25, 0.3) is 15.4 Å². The van der Waals surface area contributed by atoms with Crippen LogP contribution >= 0.6 is 11.3 Å². The van der Waals surface area contributed by atoms with Gasteiger partial charge in [-0.1, -0.05) is 23.5 Å². The van der Waals surface area contributed by atoms with Gasteiger partial charge in [0.2, 0.25) is 0 Å². The number of thiazole rings is 1. The van der Waals surface area contributed by atoms with Gasteiger partial charge in [-0.25, -0.2) is 4.98 Å². The molecule has 0 aliphatic rings. The molecule has 3 rings (SSSR count). The molecular weight excluding hydrogens is 384 g/mol. The van der Waals surface area contributed by atoms with Crippen molar-refractivity contribution < 1.29 is 31.1 Å². The Morgan fingerprint density at radius 2 is 1.88 bits per heavy atom. The number of hydrogen-bond donors (Lipinski definition) is 1. The van der Waals surface area contributed by atoms with Crippen molar-refractivity contribution in [2.45, 2.75) is 12.4 Å². The average molecular weight is 393 g/mol. The molecule has 3 aromatic rings. The van der Waals surface area contributed by atoms with E-state index in [2.05, 4.69) is 4.98 Å². The van der Waals surface area contributed by atoms with E-state index in [9.17, 15) is 31.1 Å². The predicted octanol–water partition coefficient (Wildman–Crippen LogP) is 4.37. The summed E-state index contributed by atoms with van der Waals surface area (Å²) in [5.74, 6) is -0.987. The minimum Gasteiger partial charge on any atom is -0.342 e. The van der Waals surface area contributed by atoms with Gasteiger partial charge in [-0.15, -0.1) is 0 Å². The normalized spacial score (nSPS) is 12.5. The van der Waals surface area contributed by atoms with Crippen LogP contribution in [-0.2, 0) is 6.18 Å². The predicted molar refractivity (Wildman–Crippen MR) is 81.9 cm³/mol. The van der Waals surface area contributed by atoms with Crippen LogP contribution < -0.4 is 5.32 Å². The van der Waals surface area contributed by atoms with Gasteiger partial charge in [0.25, 0.3) is 5.91 Å². The van der Waals surface area contributed by atoms with E-state index >= 15 is 0 Å². The number of halogens is 6. The fourth-order valence-electron chi connectivity index (χ4n) is 2.16. The van der Waals surface area contributed by atoms with E-state index in [4.69, 9.17) is 0 Å². The van der Waals surface area contributed by atoms with E-state index in [1.807, 2.05) is 0 Å². The van der Waals surface area contributed by atoms with Crippen molar-refractivity contribution in [1.29, 1.82) is 0 Å². The molecule has 11 heteroatoms. The highest BCUT2D eigenvalue weighted by molar-refractivity contribution is 7.20. The number of nitrogens with zero attached hydrogens (tertiary/aromatic N) is 2. The second-order valence-electron chi connectivity index (χ2n) is 5.29. The van der Waals surface area contributed by atoms with Gasteiger partial charge in [0.1, 0.15) is 12.2 Å². The van der Waals surface area contributed by atoms with E-state index < -0.39 is 30.4 Å². The highest BCUT2D eigenvalue weighted by Crippen LogP contribution is 2.34. The molecule has 0 aliphatic heterocycles. The minimum absolute atomic E-state index is 0.212. The molecule has 2 aromatic heterocycles. The molecular formula is C15H9F6N3OS. The van der Waals surface area contributed by atoms with Gasteiger partial charge in [0, 0.05) is 12.4 Å². The number of carbonyl (C=O) groups excluding carboxylic acids is 1. The van der Waals surface area contributed by atoms with Crippen molar-refractivity contribution in [3.8, 4) is 10.4 Å². The van der Waals surface area contributed by atoms with Crippen molar-refractivity contribution in [2.75, 3.05) is 6.54 Å². The van der Waals surface area contributed by atoms with Crippen LogP contribution in [0.5, 0.6) is 0 Å². The van der Waals surface area contributed by atoms with Gasteiger partial charge in [-0.05, 0) is 17.7 Å². The number of amides is 1. The second kappa shape index (κ2) is 6.31. The van der Waals surface area contributed by atoms with E-state index in [1.165, 1.54) is 28.9 Å². The lowest BCUT2D eigenvalue weighted by Gasteiger charge is -2.07. The molecule has 1 amide bonds. The number of rotatable bonds is 3. The molecule has 0 saturated heterocycles. The molecule has 26 heavy (non-hydrogen) atoms. The largest absolute Gasteiger partial charge is 0.416 e. The summed E-state index contributed by atoms with van der Waals surface area (Å²) in [4.78, 5) is 16.3. The maximum Gasteiger partial charge on any atom is 0.416 e. The van der Waals surface area contributed by atoms with Gasteiger partial charge < -0.3 is 5.32 Å². The highest BCUT2D eigenvalue weighted by atomic mass is 32.1. The molecule has 0 unspecified atom stereocenters. The number of imidazole rings is 1. The lowest BCUT2D eigenvalue weighted by molar-refractivity contribution is -0.137. The van der Waals surface area contributed by atoms with Crippen molar-refractivity contribution in [3.05, 3.63) is 47.9 Å². The molecule has 1 aromatic carbocycles. The van der Waals surface area contributed by atoms with Gasteiger partial charge in [-0.2, -0.15) is 26.3 Å². The smallest absolute Gasteiger partial charge is 0.342 e. The van der Waals surface area contributed by atoms with Crippen LogP contribution in [0.2, 0.25) is 0 Å². The maximum atomic E-state index is 12.8. The van der Waals surface area contributed by atoms with Crippen molar-refractivity contribution in [3.63, 3.8) is 0 Å². The van der Waals surface area contributed by atoms with Crippen LogP contribution in [0.1, 0.15) is 16.1 Å². The first kappa shape index (κ1) is 18.2. The first-order valence-corrected chi connectivity index (χ1v) is 7.86. The number of hydrogen-bond acceptors (Lipinski definition) is 3. The number of fused-ring (bicyclic) bond motifs is 1. The van der Waals surface area contributed by atoms with Gasteiger partial charge in [0.15, 0.2) is 4.96 Å². The number of benzene rings is 1. The summed E-state index contributed by atoms with van der Waals surface area (Å²) >= 11 is 1.01. The average Bonchev–Trinajstić information content (AvgIpc) is 3.10. The van der Waals surface area contributed by atoms with Gasteiger partial charge >= 0.3 is 12.4 Å². The Bertz CT molecular complexity index is 925. The van der Waals surface area contributed by atoms with E-state index in [0.717, 1.165) is 23.5 Å². The molecule has 0 saturated carbocycles. The van der Waals surface area contributed by atoms with Crippen molar-refractivity contribution in [1.82, 2.24) is 14.7 Å². The number of alkyl halides is 6. The Balaban J connectivity index is 1.84. The SMILES string of the molecule is O=C(NCC(F)(F)F)c1cn2cc(-c3cccc(C(F)(F)F)c3)sc2n1. The van der Waals surface area contributed by atoms with Crippen LogP contribution in [-0.4, -0.2) is 28.0 Å². The lowest BCUT2D eigenvalue weighted by atomic mass is 10.1. The van der Waals surface area contributed by atoms with E-state index in [0.29, 0.717) is 10.4 Å². The van der Waals surface area contributed by atoms with Crippen LogP contribution in [0.15, 0.2) is 36.7 Å². The highest BCUT2D eigenvalue weighted by Gasteiger charge is 2.31. The molecule has 2 heterocycles. The molecule has 0 spiro atoms. The third-order valence-electron chi connectivity index (χ3n) is 3.31. The van der Waals surface area contributed by atoms with Crippen molar-refractivity contribution in [2.24, 2.45) is 0 Å². The van der Waals surface area contributed by atoms with Crippen LogP contribution in [0.3, 0.4) is 0 Å². The molecule has 0 radical (unpaired) electrons. The van der Waals surface area contributed by atoms with Gasteiger partial charge in [0.05, 0.1) is 10.4 Å². The maximum absolute atomic E-state index is 12.8. The zero-order valence-corrected chi connectivity index (χ0v) is 13.5. The Hall–Kier alpha value is -2.56. The third kappa shape index (κ3) is 3.98. The summed E-state index contributed by atoms with van der Waals surface area (Å²) < 4.78 is 76.1. The molecule has 0 atom stereocenters. The Kier molecular flexibility index (Phi) is 4.42. The Labute approximate surface area is 146 Å². The quantitative estimate of drug-likeness (QED) is 0.672. The van der Waals surface area contributed by atoms with Crippen LogP contribution in [0.4, 0.5) is 26.3 Å². The first-order chi connectivity index (χ1) is 12.0. The standard InChI is InChI=1S/C15H9F6N3OS/c16-14(17,18)7-22-12(25)10-5-24-6-11(26-13(24)23-10)8-2-1-3-9(4-8)15(19,20)21/h1-6H,7H2,(H,22,25). The van der Waals surface area contributed by atoms with Crippen molar-refractivity contribution >= 4 is 22.2 Å². The summed E-state index contributed by atoms with van der Waals surface area (Å²) in [7, 11) is 0. The lowest BCUT2D eigenvalue weighted by Crippen LogP contribution is -2.33. The summed E-state index contributed by atoms with van der Waals surface area (Å²) in [6, 6.07) is 4.71. The third-order valence-corrected chi connectivity index (χ3v) is 4.36. The molecule has 1 N–H and O–H groups in total. The van der Waals surface area contributed by atoms with Crippen LogP contribution in [0, 0.1) is 0 Å². The molecule has 138 valence electrons. The Morgan fingerprint density at radius 1 is 1.15 bits per heavy atom. The molecule has 0 aliphatic carbocycles. The second-order valence-corrected chi connectivity index (χ2v) is 6.30. The molecule has 0 fully saturated rings. The minimum atomic E-state index is -4.54. The fraction of sp³-hybridized carbons (Fsp3) is 0.200. The Morgan fingerprint density at radius 3 is 2.50 bits per heavy atom. The molecule has 4 nitrogen and oxygen atoms in total. The van der Waals surface area contributed by atoms with E-state index in [-0.39, 0.29) is 10.7 Å². The van der Waals surface area contributed by atoms with E-state index in [1.54, 1.807) is 5.32 Å². The fourth-order valence-corrected chi connectivity index (χ4v) is 3.12. The summed E-state index contributed by atoms with van der Waals surface area (Å²) in [6.45, 7) is -1.48. The first-order valence-electron chi connectivity index (χ1n) is 7.04. The summed E-state index contributed by atoms with van der Waals surface area (Å²) in [5, 5.41) is 1.70. The summed E-state index contributed by atoms with van der Waals surface area (Å²) in [6.07, 6.45) is -6.34.